The molecule has 2 aromatic rings. The van der Waals surface area contributed by atoms with Crippen LogP contribution < -0.4 is 5.32 Å². The molecular formula is C19H24F2N4. The zero-order chi connectivity index (χ0) is 17.2. The molecule has 1 aromatic carbocycles. The van der Waals surface area contributed by atoms with Crippen LogP contribution in [-0.4, -0.2) is 33.6 Å². The molecule has 0 spiro atoms. The molecule has 0 bridgehead atoms. The molecule has 2 aliphatic rings. The highest BCUT2D eigenvalue weighted by Crippen LogP contribution is 2.38. The van der Waals surface area contributed by atoms with Gasteiger partial charge in [0, 0.05) is 38.1 Å². The number of alkyl halides is 2. The fourth-order valence-corrected chi connectivity index (χ4v) is 4.46. The van der Waals surface area contributed by atoms with Crippen molar-refractivity contribution >= 4 is 0 Å². The normalized spacial score (nSPS) is 26.4. The lowest BCUT2D eigenvalue weighted by molar-refractivity contribution is 0.0663. The quantitative estimate of drug-likeness (QED) is 0.871. The molecule has 134 valence electrons. The van der Waals surface area contributed by atoms with Crippen LogP contribution in [0.5, 0.6) is 0 Å². The summed E-state index contributed by atoms with van der Waals surface area (Å²) in [5, 5.41) is 3.49. The van der Waals surface area contributed by atoms with Crippen LogP contribution in [0, 0.1) is 11.8 Å². The van der Waals surface area contributed by atoms with Crippen molar-refractivity contribution in [2.45, 2.75) is 38.5 Å². The highest BCUT2D eigenvalue weighted by atomic mass is 19.3. The van der Waals surface area contributed by atoms with Gasteiger partial charge in [-0.15, -0.1) is 0 Å². The maximum absolute atomic E-state index is 12.9. The number of hydrogen-bond donors (Lipinski definition) is 1. The predicted octanol–water partition coefficient (Wildman–Crippen LogP) is 3.28. The molecule has 1 saturated heterocycles. The predicted molar refractivity (Wildman–Crippen MR) is 92.0 cm³/mol. The van der Waals surface area contributed by atoms with Crippen molar-refractivity contribution < 1.29 is 8.78 Å². The first-order valence-electron chi connectivity index (χ1n) is 9.00. The number of hydrogen-bond acceptors (Lipinski definition) is 3. The van der Waals surface area contributed by atoms with Gasteiger partial charge in [0.1, 0.15) is 5.82 Å². The molecule has 0 unspecified atom stereocenters. The number of imidazole rings is 1. The molecule has 0 amide bonds. The number of benzene rings is 1. The molecule has 1 N–H and O–H groups in total. The van der Waals surface area contributed by atoms with E-state index >= 15 is 0 Å². The van der Waals surface area contributed by atoms with Crippen LogP contribution in [0.1, 0.15) is 30.8 Å². The van der Waals surface area contributed by atoms with Crippen LogP contribution in [0.25, 0.3) is 0 Å². The van der Waals surface area contributed by atoms with Crippen molar-refractivity contribution in [1.82, 2.24) is 19.8 Å². The van der Waals surface area contributed by atoms with Crippen molar-refractivity contribution in [3.05, 3.63) is 54.1 Å². The van der Waals surface area contributed by atoms with Gasteiger partial charge < -0.3 is 5.32 Å². The minimum Gasteiger partial charge on any atom is -0.307 e. The summed E-state index contributed by atoms with van der Waals surface area (Å²) in [4.78, 5) is 6.59. The Balaban J connectivity index is 1.33. The first-order valence-corrected chi connectivity index (χ1v) is 9.00. The van der Waals surface area contributed by atoms with Gasteiger partial charge >= 0.3 is 6.55 Å². The van der Waals surface area contributed by atoms with Crippen LogP contribution in [0.15, 0.2) is 42.7 Å². The average molecular weight is 346 g/mol. The lowest BCUT2D eigenvalue weighted by Gasteiger charge is -2.22. The van der Waals surface area contributed by atoms with E-state index in [0.29, 0.717) is 24.3 Å². The van der Waals surface area contributed by atoms with E-state index in [4.69, 9.17) is 0 Å². The Bertz CT molecular complexity index is 688. The van der Waals surface area contributed by atoms with E-state index < -0.39 is 6.55 Å². The van der Waals surface area contributed by atoms with Crippen molar-refractivity contribution in [2.75, 3.05) is 13.1 Å². The van der Waals surface area contributed by atoms with Gasteiger partial charge in [0.25, 0.3) is 0 Å². The Labute approximate surface area is 146 Å². The SMILES string of the molecule is FC(F)n1ccnc1CN[C@@H]1CC[C@@H]2CN(Cc3ccccc3)C[C@H]21. The van der Waals surface area contributed by atoms with E-state index in [1.54, 1.807) is 0 Å². The zero-order valence-corrected chi connectivity index (χ0v) is 14.2. The van der Waals surface area contributed by atoms with Crippen molar-refractivity contribution in [3.8, 4) is 0 Å². The maximum Gasteiger partial charge on any atom is 0.319 e. The fourth-order valence-electron chi connectivity index (χ4n) is 4.46. The van der Waals surface area contributed by atoms with Gasteiger partial charge in [-0.1, -0.05) is 30.3 Å². The first-order chi connectivity index (χ1) is 12.2. The number of halogens is 2. The van der Waals surface area contributed by atoms with E-state index in [9.17, 15) is 8.78 Å². The molecule has 1 aliphatic heterocycles. The summed E-state index contributed by atoms with van der Waals surface area (Å²) in [6.07, 6.45) is 5.13. The highest BCUT2D eigenvalue weighted by Gasteiger charge is 2.42. The molecule has 4 rings (SSSR count). The second kappa shape index (κ2) is 7.22. The summed E-state index contributed by atoms with van der Waals surface area (Å²) in [5.74, 6) is 1.74. The molecule has 25 heavy (non-hydrogen) atoms. The largest absolute Gasteiger partial charge is 0.319 e. The van der Waals surface area contributed by atoms with Gasteiger partial charge in [0.2, 0.25) is 0 Å². The number of nitrogens with zero attached hydrogens (tertiary/aromatic N) is 3. The minimum absolute atomic E-state index is 0.397. The van der Waals surface area contributed by atoms with E-state index in [-0.39, 0.29) is 0 Å². The molecule has 1 saturated carbocycles. The van der Waals surface area contributed by atoms with Gasteiger partial charge in [0.15, 0.2) is 0 Å². The van der Waals surface area contributed by atoms with E-state index in [0.717, 1.165) is 36.5 Å². The molecule has 0 radical (unpaired) electrons. The van der Waals surface area contributed by atoms with Crippen LogP contribution in [-0.2, 0) is 13.1 Å². The third kappa shape index (κ3) is 3.60. The smallest absolute Gasteiger partial charge is 0.307 e. The molecule has 6 heteroatoms. The van der Waals surface area contributed by atoms with E-state index in [2.05, 4.69) is 39.5 Å². The van der Waals surface area contributed by atoms with Crippen LogP contribution in [0.2, 0.25) is 0 Å². The monoisotopic (exact) mass is 346 g/mol. The van der Waals surface area contributed by atoms with Crippen molar-refractivity contribution in [3.63, 3.8) is 0 Å². The summed E-state index contributed by atoms with van der Waals surface area (Å²) in [5.41, 5.74) is 1.35. The Kier molecular flexibility index (Phi) is 4.81. The number of fused-ring (bicyclic) bond motifs is 1. The molecule has 1 aromatic heterocycles. The minimum atomic E-state index is -2.52. The standard InChI is InChI=1S/C19H24F2N4/c20-19(21)25-9-8-22-18(25)10-23-17-7-6-15-12-24(13-16(15)17)11-14-4-2-1-3-5-14/h1-5,8-9,15-17,19,23H,6-7,10-13H2/t15-,16-,17-/m1/s1. The zero-order valence-electron chi connectivity index (χ0n) is 14.2. The first kappa shape index (κ1) is 16.7. The topological polar surface area (TPSA) is 33.1 Å². The highest BCUT2D eigenvalue weighted by molar-refractivity contribution is 5.15. The van der Waals surface area contributed by atoms with Crippen molar-refractivity contribution in [2.24, 2.45) is 11.8 Å². The van der Waals surface area contributed by atoms with E-state index in [1.807, 2.05) is 6.07 Å². The lowest BCUT2D eigenvalue weighted by Crippen LogP contribution is -2.36. The van der Waals surface area contributed by atoms with Crippen LogP contribution in [0.4, 0.5) is 8.78 Å². The molecular weight excluding hydrogens is 322 g/mol. The van der Waals surface area contributed by atoms with E-state index in [1.165, 1.54) is 24.4 Å². The Morgan fingerprint density at radius 1 is 1.16 bits per heavy atom. The molecule has 3 atom stereocenters. The third-order valence-electron chi connectivity index (χ3n) is 5.66. The summed E-state index contributed by atoms with van der Waals surface area (Å²) in [7, 11) is 0. The molecule has 4 nitrogen and oxygen atoms in total. The van der Waals surface area contributed by atoms with Gasteiger partial charge in [-0.25, -0.2) is 4.98 Å². The fraction of sp³-hybridized carbons (Fsp3) is 0.526. The summed E-state index contributed by atoms with van der Waals surface area (Å²) < 4.78 is 26.8. The van der Waals surface area contributed by atoms with Crippen molar-refractivity contribution in [1.29, 1.82) is 0 Å². The van der Waals surface area contributed by atoms with Gasteiger partial charge in [-0.05, 0) is 30.2 Å². The Morgan fingerprint density at radius 3 is 2.80 bits per heavy atom. The Hall–Kier alpha value is -1.79. The summed E-state index contributed by atoms with van der Waals surface area (Å²) in [6.45, 7) is 1.10. The van der Waals surface area contributed by atoms with Crippen LogP contribution >= 0.6 is 0 Å². The number of aromatic nitrogens is 2. The maximum atomic E-state index is 12.9. The second-order valence-corrected chi connectivity index (χ2v) is 7.20. The lowest BCUT2D eigenvalue weighted by atomic mass is 9.98. The van der Waals surface area contributed by atoms with Crippen LogP contribution in [0.3, 0.4) is 0 Å². The van der Waals surface area contributed by atoms with Gasteiger partial charge in [0.05, 0.1) is 6.54 Å². The summed E-state index contributed by atoms with van der Waals surface area (Å²) >= 11 is 0. The molecule has 2 fully saturated rings. The number of nitrogens with one attached hydrogen (secondary N) is 1. The molecule has 2 heterocycles. The average Bonchev–Trinajstić information content (AvgIpc) is 3.29. The number of likely N-dealkylation sites (tertiary alicyclic amines) is 1. The Morgan fingerprint density at radius 2 is 2.00 bits per heavy atom. The number of rotatable bonds is 6. The third-order valence-corrected chi connectivity index (χ3v) is 5.66. The second-order valence-electron chi connectivity index (χ2n) is 7.20. The molecule has 1 aliphatic carbocycles. The van der Waals surface area contributed by atoms with Gasteiger partial charge in [-0.3, -0.25) is 9.47 Å². The summed E-state index contributed by atoms with van der Waals surface area (Å²) in [6, 6.07) is 11.0. The van der Waals surface area contributed by atoms with Gasteiger partial charge in [-0.2, -0.15) is 8.78 Å².